The number of methoxy groups -OCH3 is 3. The first-order chi connectivity index (χ1) is 7.13. The lowest BCUT2D eigenvalue weighted by Crippen LogP contribution is -2.15. The van der Waals surface area contributed by atoms with Crippen LogP contribution >= 0.6 is 0 Å². The summed E-state index contributed by atoms with van der Waals surface area (Å²) in [7, 11) is 4.25. The zero-order chi connectivity index (χ0) is 11.7. The van der Waals surface area contributed by atoms with Gasteiger partial charge >= 0.3 is 11.9 Å². The monoisotopic (exact) mass is 218 g/mol. The van der Waals surface area contributed by atoms with Crippen LogP contribution in [0.3, 0.4) is 0 Å². The van der Waals surface area contributed by atoms with Gasteiger partial charge in [-0.2, -0.15) is 0 Å². The number of carbonyl (C=O) groups excluding carboxylic acids is 2. The highest BCUT2D eigenvalue weighted by Crippen LogP contribution is 2.09. The summed E-state index contributed by atoms with van der Waals surface area (Å²) < 4.78 is 14.1. The van der Waals surface area contributed by atoms with Crippen LogP contribution in [0.4, 0.5) is 0 Å². The molecule has 0 aliphatic carbocycles. The molecule has 0 saturated carbocycles. The van der Waals surface area contributed by atoms with Crippen molar-refractivity contribution in [1.82, 2.24) is 0 Å². The van der Waals surface area contributed by atoms with Crippen molar-refractivity contribution >= 4 is 11.9 Å². The van der Waals surface area contributed by atoms with Gasteiger partial charge in [-0.1, -0.05) is 0 Å². The van der Waals surface area contributed by atoms with Crippen molar-refractivity contribution in [3.8, 4) is 0 Å². The molecular formula is C10H18O5. The van der Waals surface area contributed by atoms with Crippen molar-refractivity contribution < 1.29 is 23.8 Å². The molecule has 0 aromatic carbocycles. The summed E-state index contributed by atoms with van der Waals surface area (Å²) >= 11 is 0. The Morgan fingerprint density at radius 2 is 1.33 bits per heavy atom. The Morgan fingerprint density at radius 1 is 0.933 bits per heavy atom. The Labute approximate surface area is 89.7 Å². The van der Waals surface area contributed by atoms with Gasteiger partial charge < -0.3 is 14.2 Å². The van der Waals surface area contributed by atoms with Gasteiger partial charge in [0.05, 0.1) is 20.3 Å². The van der Waals surface area contributed by atoms with Crippen LogP contribution in [-0.4, -0.2) is 39.4 Å². The predicted octanol–water partition coefficient (Wildman–Crippen LogP) is 0.908. The molecule has 0 spiro atoms. The van der Waals surface area contributed by atoms with Crippen LogP contribution in [0, 0.1) is 0 Å². The molecule has 0 atom stereocenters. The van der Waals surface area contributed by atoms with Crippen molar-refractivity contribution in [1.29, 1.82) is 0 Å². The summed E-state index contributed by atoms with van der Waals surface area (Å²) in [6.45, 7) is 0. The van der Waals surface area contributed by atoms with Gasteiger partial charge in [-0.25, -0.2) is 0 Å². The average molecular weight is 218 g/mol. The third-order valence-electron chi connectivity index (χ3n) is 2.13. The van der Waals surface area contributed by atoms with Gasteiger partial charge in [0.2, 0.25) is 0 Å². The lowest BCUT2D eigenvalue weighted by atomic mass is 10.1. The fraction of sp³-hybridized carbons (Fsp3) is 0.800. The molecule has 0 aromatic rings. The van der Waals surface area contributed by atoms with Crippen LogP contribution in [0.2, 0.25) is 0 Å². The standard InChI is InChI=1S/C10H18O5/c1-13-8(4-6-9(11)14-2)5-7-10(12)15-3/h8H,4-7H2,1-3H3. The lowest BCUT2D eigenvalue weighted by molar-refractivity contribution is -0.141. The highest BCUT2D eigenvalue weighted by atomic mass is 16.5. The molecule has 0 aliphatic heterocycles. The third-order valence-corrected chi connectivity index (χ3v) is 2.13. The maximum Gasteiger partial charge on any atom is 0.305 e. The molecule has 0 saturated heterocycles. The van der Waals surface area contributed by atoms with E-state index in [0.717, 1.165) is 0 Å². The molecule has 5 heteroatoms. The zero-order valence-electron chi connectivity index (χ0n) is 9.45. The fourth-order valence-corrected chi connectivity index (χ4v) is 1.14. The van der Waals surface area contributed by atoms with Gasteiger partial charge in [-0.3, -0.25) is 9.59 Å². The molecule has 0 fully saturated rings. The summed E-state index contributed by atoms with van der Waals surface area (Å²) in [6, 6.07) is 0. The highest BCUT2D eigenvalue weighted by molar-refractivity contribution is 5.69. The van der Waals surface area contributed by atoms with Gasteiger partial charge in [0.1, 0.15) is 0 Å². The van der Waals surface area contributed by atoms with Crippen LogP contribution in [0.1, 0.15) is 25.7 Å². The number of hydrogen-bond donors (Lipinski definition) is 0. The fourth-order valence-electron chi connectivity index (χ4n) is 1.14. The van der Waals surface area contributed by atoms with Gasteiger partial charge in [0, 0.05) is 20.0 Å². The minimum absolute atomic E-state index is 0.108. The largest absolute Gasteiger partial charge is 0.469 e. The van der Waals surface area contributed by atoms with E-state index in [9.17, 15) is 9.59 Å². The number of ether oxygens (including phenoxy) is 3. The van der Waals surface area contributed by atoms with Gasteiger partial charge in [0.15, 0.2) is 0 Å². The minimum atomic E-state index is -0.268. The topological polar surface area (TPSA) is 61.8 Å². The second-order valence-electron chi connectivity index (χ2n) is 3.09. The smallest absolute Gasteiger partial charge is 0.305 e. The molecule has 88 valence electrons. The van der Waals surface area contributed by atoms with E-state index in [0.29, 0.717) is 25.7 Å². The Kier molecular flexibility index (Phi) is 7.62. The van der Waals surface area contributed by atoms with Gasteiger partial charge in [-0.15, -0.1) is 0 Å². The van der Waals surface area contributed by atoms with Crippen LogP contribution in [0.5, 0.6) is 0 Å². The maximum atomic E-state index is 10.9. The number of carbonyl (C=O) groups is 2. The van der Waals surface area contributed by atoms with Crippen molar-refractivity contribution in [3.63, 3.8) is 0 Å². The van der Waals surface area contributed by atoms with Crippen molar-refractivity contribution in [2.45, 2.75) is 31.8 Å². The van der Waals surface area contributed by atoms with E-state index in [1.165, 1.54) is 14.2 Å². The van der Waals surface area contributed by atoms with Crippen LogP contribution in [-0.2, 0) is 23.8 Å². The molecule has 0 radical (unpaired) electrons. The predicted molar refractivity (Wildman–Crippen MR) is 53.3 cm³/mol. The molecule has 0 rings (SSSR count). The van der Waals surface area contributed by atoms with E-state index in [4.69, 9.17) is 4.74 Å². The summed E-state index contributed by atoms with van der Waals surface area (Å²) in [4.78, 5) is 21.7. The van der Waals surface area contributed by atoms with E-state index >= 15 is 0 Å². The normalized spacial score (nSPS) is 10.1. The second-order valence-corrected chi connectivity index (χ2v) is 3.09. The summed E-state index contributed by atoms with van der Waals surface area (Å²) in [6.07, 6.45) is 1.61. The summed E-state index contributed by atoms with van der Waals surface area (Å²) in [5.41, 5.74) is 0. The van der Waals surface area contributed by atoms with Crippen molar-refractivity contribution in [3.05, 3.63) is 0 Å². The van der Waals surface area contributed by atoms with Gasteiger partial charge in [0.25, 0.3) is 0 Å². The highest BCUT2D eigenvalue weighted by Gasteiger charge is 2.12. The minimum Gasteiger partial charge on any atom is -0.469 e. The Balaban J connectivity index is 3.73. The Bertz CT molecular complexity index is 182. The first-order valence-electron chi connectivity index (χ1n) is 4.80. The van der Waals surface area contributed by atoms with Crippen LogP contribution < -0.4 is 0 Å². The molecule has 0 bridgehead atoms. The molecular weight excluding hydrogens is 200 g/mol. The molecule has 0 aliphatic rings. The molecule has 0 heterocycles. The quantitative estimate of drug-likeness (QED) is 0.594. The second kappa shape index (κ2) is 8.23. The Morgan fingerprint density at radius 3 is 1.60 bits per heavy atom. The first-order valence-corrected chi connectivity index (χ1v) is 4.80. The average Bonchev–Trinajstić information content (AvgIpc) is 2.28. The Hall–Kier alpha value is -1.10. The number of hydrogen-bond acceptors (Lipinski definition) is 5. The molecule has 0 N–H and O–H groups in total. The van der Waals surface area contributed by atoms with E-state index in [2.05, 4.69) is 9.47 Å². The zero-order valence-corrected chi connectivity index (χ0v) is 9.45. The number of rotatable bonds is 7. The first kappa shape index (κ1) is 13.9. The summed E-state index contributed by atoms with van der Waals surface area (Å²) in [5, 5.41) is 0. The van der Waals surface area contributed by atoms with E-state index in [1.807, 2.05) is 0 Å². The molecule has 0 aromatic heterocycles. The maximum absolute atomic E-state index is 10.9. The van der Waals surface area contributed by atoms with Crippen molar-refractivity contribution in [2.75, 3.05) is 21.3 Å². The van der Waals surface area contributed by atoms with E-state index in [1.54, 1.807) is 7.11 Å². The van der Waals surface area contributed by atoms with Crippen LogP contribution in [0.25, 0.3) is 0 Å². The number of esters is 2. The van der Waals surface area contributed by atoms with E-state index in [-0.39, 0.29) is 18.0 Å². The SMILES string of the molecule is COC(=O)CCC(CCC(=O)OC)OC. The lowest BCUT2D eigenvalue weighted by Gasteiger charge is -2.13. The molecule has 5 nitrogen and oxygen atoms in total. The van der Waals surface area contributed by atoms with Crippen LogP contribution in [0.15, 0.2) is 0 Å². The summed E-state index contributed by atoms with van der Waals surface area (Å²) in [5.74, 6) is -0.537. The van der Waals surface area contributed by atoms with Gasteiger partial charge in [-0.05, 0) is 12.8 Å². The molecule has 15 heavy (non-hydrogen) atoms. The van der Waals surface area contributed by atoms with E-state index < -0.39 is 0 Å². The molecule has 0 amide bonds. The third kappa shape index (κ3) is 6.90. The molecule has 0 unspecified atom stereocenters. The van der Waals surface area contributed by atoms with Crippen molar-refractivity contribution in [2.24, 2.45) is 0 Å².